The zero-order chi connectivity index (χ0) is 14.5. The fraction of sp³-hybridized carbons (Fsp3) is 0.200. The highest BCUT2D eigenvalue weighted by molar-refractivity contribution is 7.80. The lowest BCUT2D eigenvalue weighted by Gasteiger charge is -2.11. The summed E-state index contributed by atoms with van der Waals surface area (Å²) >= 11 is 5.04. The lowest BCUT2D eigenvalue weighted by molar-refractivity contribution is 0.299. The maximum atomic E-state index is 8.88. The van der Waals surface area contributed by atoms with Crippen LogP contribution in [-0.2, 0) is 6.42 Å². The quantitative estimate of drug-likeness (QED) is 0.827. The molecule has 0 aliphatic rings. The molecule has 3 N–H and O–H groups in total. The number of thiocarbonyl (C=S) groups is 1. The molecular formula is C15H16N2O2S. The first-order valence-corrected chi connectivity index (χ1v) is 6.65. The number of nitrogens with zero attached hydrogens (tertiary/aromatic N) is 1. The topological polar surface area (TPSA) is 68.4 Å². The Morgan fingerprint density at radius 2 is 2.00 bits per heavy atom. The third-order valence-electron chi connectivity index (χ3n) is 2.91. The van der Waals surface area contributed by atoms with Gasteiger partial charge in [-0.1, -0.05) is 24.4 Å². The maximum absolute atomic E-state index is 8.88. The van der Waals surface area contributed by atoms with Gasteiger partial charge < -0.3 is 15.6 Å². The molecule has 2 aromatic rings. The number of aliphatic hydroxyl groups excluding tert-OH is 1. The highest BCUT2D eigenvalue weighted by Crippen LogP contribution is 2.25. The van der Waals surface area contributed by atoms with Gasteiger partial charge in [0.2, 0.25) is 5.88 Å². The normalized spacial score (nSPS) is 10.3. The van der Waals surface area contributed by atoms with Crippen molar-refractivity contribution in [2.24, 2.45) is 5.73 Å². The Morgan fingerprint density at radius 1 is 1.30 bits per heavy atom. The number of hydrogen-bond donors (Lipinski definition) is 2. The number of rotatable bonds is 5. The first-order chi connectivity index (χ1) is 9.61. The molecule has 1 aromatic carbocycles. The van der Waals surface area contributed by atoms with Gasteiger partial charge in [0.15, 0.2) is 0 Å². The van der Waals surface area contributed by atoms with Crippen molar-refractivity contribution in [3.05, 3.63) is 53.2 Å². The molecule has 0 saturated carbocycles. The minimum absolute atomic E-state index is 0.130. The fourth-order valence-corrected chi connectivity index (χ4v) is 2.12. The molecule has 2 rings (SSSR count). The van der Waals surface area contributed by atoms with Crippen molar-refractivity contribution in [2.45, 2.75) is 13.3 Å². The number of aromatic nitrogens is 1. The van der Waals surface area contributed by atoms with Gasteiger partial charge in [0.05, 0.1) is 5.56 Å². The molecule has 0 aliphatic heterocycles. The Bertz CT molecular complexity index is 612. The van der Waals surface area contributed by atoms with Crippen LogP contribution in [0, 0.1) is 6.92 Å². The Balaban J connectivity index is 2.26. The van der Waals surface area contributed by atoms with Crippen molar-refractivity contribution in [3.8, 4) is 11.6 Å². The summed E-state index contributed by atoms with van der Waals surface area (Å²) in [5.41, 5.74) is 8.35. The summed E-state index contributed by atoms with van der Waals surface area (Å²) in [5, 5.41) is 8.88. The van der Waals surface area contributed by atoms with E-state index in [1.54, 1.807) is 6.20 Å². The third kappa shape index (κ3) is 3.31. The molecule has 0 unspecified atom stereocenters. The van der Waals surface area contributed by atoms with Gasteiger partial charge in [-0.15, -0.1) is 0 Å². The minimum Gasteiger partial charge on any atom is -0.438 e. The number of aliphatic hydroxyl groups is 1. The van der Waals surface area contributed by atoms with Crippen LogP contribution in [0.5, 0.6) is 11.6 Å². The SMILES string of the molecule is Cc1ccnc(Oc2ccc(CCO)cc2)c1C(N)=S. The fourth-order valence-electron chi connectivity index (χ4n) is 1.88. The summed E-state index contributed by atoms with van der Waals surface area (Å²) < 4.78 is 5.74. The molecule has 0 saturated heterocycles. The predicted octanol–water partition coefficient (Wildman–Crippen LogP) is 2.35. The first-order valence-electron chi connectivity index (χ1n) is 6.25. The van der Waals surface area contributed by atoms with Crippen LogP contribution in [0.25, 0.3) is 0 Å². The average molecular weight is 288 g/mol. The van der Waals surface area contributed by atoms with Crippen molar-refractivity contribution >= 4 is 17.2 Å². The summed E-state index contributed by atoms with van der Waals surface area (Å²) in [6, 6.07) is 9.31. The number of nitrogens with two attached hydrogens (primary N) is 1. The first kappa shape index (κ1) is 14.4. The van der Waals surface area contributed by atoms with E-state index in [-0.39, 0.29) is 11.6 Å². The molecular weight excluding hydrogens is 272 g/mol. The number of aryl methyl sites for hydroxylation is 1. The van der Waals surface area contributed by atoms with Crippen LogP contribution in [0.3, 0.4) is 0 Å². The molecule has 0 fully saturated rings. The van der Waals surface area contributed by atoms with E-state index >= 15 is 0 Å². The predicted molar refractivity (Wildman–Crippen MR) is 82.2 cm³/mol. The number of ether oxygens (including phenoxy) is 1. The second kappa shape index (κ2) is 6.45. The van der Waals surface area contributed by atoms with E-state index in [2.05, 4.69) is 4.98 Å². The van der Waals surface area contributed by atoms with Gasteiger partial charge >= 0.3 is 0 Å². The van der Waals surface area contributed by atoms with Crippen LogP contribution < -0.4 is 10.5 Å². The molecule has 0 atom stereocenters. The summed E-state index contributed by atoms with van der Waals surface area (Å²) in [7, 11) is 0. The molecule has 0 radical (unpaired) electrons. The Kier molecular flexibility index (Phi) is 4.65. The van der Waals surface area contributed by atoms with Gasteiger partial charge in [-0.25, -0.2) is 4.98 Å². The van der Waals surface area contributed by atoms with Crippen molar-refractivity contribution in [1.82, 2.24) is 4.98 Å². The van der Waals surface area contributed by atoms with E-state index in [1.165, 1.54) is 0 Å². The van der Waals surface area contributed by atoms with Crippen LogP contribution >= 0.6 is 12.2 Å². The molecule has 1 aromatic heterocycles. The molecule has 0 amide bonds. The van der Waals surface area contributed by atoms with Crippen LogP contribution in [0.1, 0.15) is 16.7 Å². The standard InChI is InChI=1S/C15H16N2O2S/c1-10-6-8-17-15(13(10)14(16)20)19-12-4-2-11(3-5-12)7-9-18/h2-6,8,18H,7,9H2,1H3,(H2,16,20). The molecule has 0 bridgehead atoms. The Labute approximate surface area is 123 Å². The molecule has 1 heterocycles. The summed E-state index contributed by atoms with van der Waals surface area (Å²) in [4.78, 5) is 4.45. The van der Waals surface area contributed by atoms with Crippen molar-refractivity contribution < 1.29 is 9.84 Å². The lowest BCUT2D eigenvalue weighted by Crippen LogP contribution is -2.13. The van der Waals surface area contributed by atoms with Crippen LogP contribution in [0.15, 0.2) is 36.5 Å². The van der Waals surface area contributed by atoms with Gasteiger partial charge in [0, 0.05) is 12.8 Å². The van der Waals surface area contributed by atoms with Crippen molar-refractivity contribution in [3.63, 3.8) is 0 Å². The smallest absolute Gasteiger partial charge is 0.229 e. The van der Waals surface area contributed by atoms with Gasteiger partial charge in [0.25, 0.3) is 0 Å². The Morgan fingerprint density at radius 3 is 2.60 bits per heavy atom. The van der Waals surface area contributed by atoms with Gasteiger partial charge in [-0.3, -0.25) is 0 Å². The van der Waals surface area contributed by atoms with Gasteiger partial charge in [0.1, 0.15) is 10.7 Å². The van der Waals surface area contributed by atoms with Gasteiger partial charge in [-0.05, 0) is 42.7 Å². The minimum atomic E-state index is 0.130. The van der Waals surface area contributed by atoms with Crippen LogP contribution in [-0.4, -0.2) is 21.7 Å². The molecule has 0 spiro atoms. The van der Waals surface area contributed by atoms with E-state index < -0.39 is 0 Å². The monoisotopic (exact) mass is 288 g/mol. The lowest BCUT2D eigenvalue weighted by atomic mass is 10.1. The van der Waals surface area contributed by atoms with Gasteiger partial charge in [-0.2, -0.15) is 0 Å². The van der Waals surface area contributed by atoms with E-state index in [4.69, 9.17) is 27.8 Å². The molecule has 20 heavy (non-hydrogen) atoms. The summed E-state index contributed by atoms with van der Waals surface area (Å²) in [5.74, 6) is 1.06. The van der Waals surface area contributed by atoms with E-state index in [0.717, 1.165) is 11.1 Å². The third-order valence-corrected chi connectivity index (χ3v) is 3.11. The van der Waals surface area contributed by atoms with E-state index in [1.807, 2.05) is 37.3 Å². The molecule has 4 nitrogen and oxygen atoms in total. The molecule has 0 aliphatic carbocycles. The second-order valence-electron chi connectivity index (χ2n) is 4.39. The molecule has 5 heteroatoms. The second-order valence-corrected chi connectivity index (χ2v) is 4.83. The van der Waals surface area contributed by atoms with Crippen molar-refractivity contribution in [1.29, 1.82) is 0 Å². The van der Waals surface area contributed by atoms with E-state index in [9.17, 15) is 0 Å². The molecule has 104 valence electrons. The Hall–Kier alpha value is -1.98. The van der Waals surface area contributed by atoms with Crippen LogP contribution in [0.4, 0.5) is 0 Å². The number of hydrogen-bond acceptors (Lipinski definition) is 4. The highest BCUT2D eigenvalue weighted by Gasteiger charge is 2.12. The van der Waals surface area contributed by atoms with Crippen LogP contribution in [0.2, 0.25) is 0 Å². The highest BCUT2D eigenvalue weighted by atomic mass is 32.1. The maximum Gasteiger partial charge on any atom is 0.229 e. The summed E-state index contributed by atoms with van der Waals surface area (Å²) in [6.07, 6.45) is 2.29. The zero-order valence-electron chi connectivity index (χ0n) is 11.2. The summed E-state index contributed by atoms with van der Waals surface area (Å²) in [6.45, 7) is 2.04. The number of benzene rings is 1. The average Bonchev–Trinajstić information content (AvgIpc) is 2.41. The van der Waals surface area contributed by atoms with Crippen molar-refractivity contribution in [2.75, 3.05) is 6.61 Å². The number of pyridine rings is 1. The van der Waals surface area contributed by atoms with E-state index in [0.29, 0.717) is 23.6 Å². The zero-order valence-corrected chi connectivity index (χ0v) is 12.0. The largest absolute Gasteiger partial charge is 0.438 e.